The third-order valence-corrected chi connectivity index (χ3v) is 5.54. The van der Waals surface area contributed by atoms with Crippen molar-refractivity contribution in [3.63, 3.8) is 0 Å². The Morgan fingerprint density at radius 3 is 2.82 bits per heavy atom. The van der Waals surface area contributed by atoms with Gasteiger partial charge in [0.15, 0.2) is 11.5 Å². The minimum Gasteiger partial charge on any atom is -0.486 e. The van der Waals surface area contributed by atoms with Crippen LogP contribution in [0.3, 0.4) is 0 Å². The molecule has 28 heavy (non-hydrogen) atoms. The number of nitrogens with zero attached hydrogens (tertiary/aromatic N) is 2. The molecule has 4 rings (SSSR count). The van der Waals surface area contributed by atoms with Gasteiger partial charge in [-0.2, -0.15) is 0 Å². The van der Waals surface area contributed by atoms with Crippen LogP contribution in [0, 0.1) is 6.92 Å². The molecule has 7 nitrogen and oxygen atoms in total. The van der Waals surface area contributed by atoms with Gasteiger partial charge in [0.2, 0.25) is 0 Å². The number of nitrogens with one attached hydrogen (secondary N) is 1. The summed E-state index contributed by atoms with van der Waals surface area (Å²) in [7, 11) is 0. The van der Waals surface area contributed by atoms with E-state index in [1.165, 1.54) is 0 Å². The Kier molecular flexibility index (Phi) is 5.12. The van der Waals surface area contributed by atoms with Crippen LogP contribution in [0.1, 0.15) is 26.6 Å². The molecule has 0 radical (unpaired) electrons. The maximum atomic E-state index is 12.6. The molecule has 0 fully saturated rings. The average molecular weight is 397 g/mol. The van der Waals surface area contributed by atoms with Crippen LogP contribution in [0.4, 0.5) is 0 Å². The lowest BCUT2D eigenvalue weighted by Gasteiger charge is -2.18. The van der Waals surface area contributed by atoms with E-state index in [9.17, 15) is 9.59 Å². The lowest BCUT2D eigenvalue weighted by molar-refractivity contribution is 0.0953. The average Bonchev–Trinajstić information content (AvgIpc) is 3.01. The first kappa shape index (κ1) is 18.2. The fourth-order valence-corrected chi connectivity index (χ4v) is 3.89. The minimum atomic E-state index is -0.269. The number of hydrogen-bond acceptors (Lipinski definition) is 6. The van der Waals surface area contributed by atoms with Crippen LogP contribution < -0.4 is 19.7 Å². The van der Waals surface area contributed by atoms with Crippen molar-refractivity contribution in [2.24, 2.45) is 0 Å². The lowest BCUT2D eigenvalue weighted by atomic mass is 10.2. The molecule has 0 bridgehead atoms. The van der Waals surface area contributed by atoms with Crippen molar-refractivity contribution in [2.75, 3.05) is 13.2 Å². The van der Waals surface area contributed by atoms with Crippen LogP contribution >= 0.6 is 11.3 Å². The van der Waals surface area contributed by atoms with Gasteiger partial charge in [-0.1, -0.05) is 23.5 Å². The van der Waals surface area contributed by atoms with Gasteiger partial charge < -0.3 is 14.8 Å². The first-order valence-corrected chi connectivity index (χ1v) is 9.70. The van der Waals surface area contributed by atoms with E-state index < -0.39 is 0 Å². The number of rotatable bonds is 5. The van der Waals surface area contributed by atoms with E-state index in [1.54, 1.807) is 17.7 Å². The number of carbonyl (C=O) groups is 1. The van der Waals surface area contributed by atoms with Crippen molar-refractivity contribution in [3.05, 3.63) is 74.1 Å². The highest BCUT2D eigenvalue weighted by Crippen LogP contribution is 2.30. The van der Waals surface area contributed by atoms with Crippen LogP contribution in [0.15, 0.2) is 47.4 Å². The Bertz CT molecular complexity index is 1060. The van der Waals surface area contributed by atoms with E-state index in [-0.39, 0.29) is 10.8 Å². The van der Waals surface area contributed by atoms with Gasteiger partial charge >= 0.3 is 4.87 Å². The van der Waals surface area contributed by atoms with Crippen LogP contribution in [0.25, 0.3) is 0 Å². The Labute approximate surface area is 165 Å². The summed E-state index contributed by atoms with van der Waals surface area (Å²) < 4.78 is 12.6. The molecule has 1 aliphatic rings. The van der Waals surface area contributed by atoms with Gasteiger partial charge in [-0.3, -0.25) is 19.1 Å². The number of aromatic nitrogens is 2. The number of pyridine rings is 1. The molecule has 3 heterocycles. The molecule has 0 saturated heterocycles. The molecular weight excluding hydrogens is 378 g/mol. The van der Waals surface area contributed by atoms with E-state index in [0.717, 1.165) is 22.6 Å². The summed E-state index contributed by atoms with van der Waals surface area (Å²) in [6, 6.07) is 11.1. The fourth-order valence-electron chi connectivity index (χ4n) is 2.98. The number of hydrogen-bond donors (Lipinski definition) is 1. The summed E-state index contributed by atoms with van der Waals surface area (Å²) in [6.45, 7) is 3.51. The van der Waals surface area contributed by atoms with E-state index in [1.807, 2.05) is 36.4 Å². The predicted molar refractivity (Wildman–Crippen MR) is 105 cm³/mol. The van der Waals surface area contributed by atoms with Gasteiger partial charge in [-0.05, 0) is 36.8 Å². The second kappa shape index (κ2) is 7.85. The fraction of sp³-hybridized carbons (Fsp3) is 0.250. The molecule has 1 aliphatic heterocycles. The van der Waals surface area contributed by atoms with Gasteiger partial charge in [-0.25, -0.2) is 0 Å². The molecule has 8 heteroatoms. The number of amides is 1. The molecule has 0 aliphatic carbocycles. The summed E-state index contributed by atoms with van der Waals surface area (Å²) in [5.74, 6) is 1.12. The number of ether oxygens (including phenoxy) is 2. The van der Waals surface area contributed by atoms with Crippen molar-refractivity contribution in [1.82, 2.24) is 14.9 Å². The largest absolute Gasteiger partial charge is 0.486 e. The van der Waals surface area contributed by atoms with Crippen molar-refractivity contribution in [1.29, 1.82) is 0 Å². The summed E-state index contributed by atoms with van der Waals surface area (Å²) in [5, 5.41) is 2.87. The van der Waals surface area contributed by atoms with Crippen molar-refractivity contribution < 1.29 is 14.3 Å². The zero-order valence-corrected chi connectivity index (χ0v) is 16.1. The first-order valence-electron chi connectivity index (χ1n) is 8.88. The zero-order chi connectivity index (χ0) is 19.5. The molecule has 1 N–H and O–H groups in total. The minimum absolute atomic E-state index is 0.173. The topological polar surface area (TPSA) is 82.5 Å². The molecule has 3 aromatic rings. The number of carbonyl (C=O) groups excluding carboxylic acids is 1. The molecule has 1 amide bonds. The first-order chi connectivity index (χ1) is 13.6. The summed E-state index contributed by atoms with van der Waals surface area (Å²) in [4.78, 5) is 29.5. The molecule has 0 unspecified atom stereocenters. The SMILES string of the molecule is Cc1c(C(=O)NCc2ccc3c(c2)OCCO3)sc(=O)n1Cc1ccccn1. The second-order valence-corrected chi connectivity index (χ2v) is 7.31. The van der Waals surface area contributed by atoms with Gasteiger partial charge in [0.05, 0.1) is 12.2 Å². The number of thiazole rings is 1. The van der Waals surface area contributed by atoms with Gasteiger partial charge in [0.25, 0.3) is 5.91 Å². The molecular formula is C20H19N3O4S. The maximum absolute atomic E-state index is 12.6. The summed E-state index contributed by atoms with van der Waals surface area (Å²) in [5.41, 5.74) is 2.31. The van der Waals surface area contributed by atoms with E-state index >= 15 is 0 Å². The Morgan fingerprint density at radius 1 is 1.21 bits per heavy atom. The highest BCUT2D eigenvalue weighted by molar-refractivity contribution is 7.11. The monoisotopic (exact) mass is 397 g/mol. The smallest absolute Gasteiger partial charge is 0.308 e. The molecule has 2 aromatic heterocycles. The third kappa shape index (κ3) is 3.77. The van der Waals surface area contributed by atoms with Crippen LogP contribution in [-0.4, -0.2) is 28.7 Å². The van der Waals surface area contributed by atoms with E-state index in [4.69, 9.17) is 9.47 Å². The predicted octanol–water partition coefficient (Wildman–Crippen LogP) is 2.36. The lowest BCUT2D eigenvalue weighted by Crippen LogP contribution is -2.23. The molecule has 144 valence electrons. The summed E-state index contributed by atoms with van der Waals surface area (Å²) >= 11 is 0.949. The van der Waals surface area contributed by atoms with Crippen LogP contribution in [0.2, 0.25) is 0 Å². The van der Waals surface area contributed by atoms with Crippen molar-refractivity contribution in [2.45, 2.75) is 20.0 Å². The van der Waals surface area contributed by atoms with E-state index in [0.29, 0.717) is 48.4 Å². The highest BCUT2D eigenvalue weighted by atomic mass is 32.1. The molecule has 1 aromatic carbocycles. The Hall–Kier alpha value is -3.13. The van der Waals surface area contributed by atoms with Crippen molar-refractivity contribution >= 4 is 17.2 Å². The number of benzene rings is 1. The molecule has 0 spiro atoms. The second-order valence-electron chi connectivity index (χ2n) is 6.35. The van der Waals surface area contributed by atoms with Crippen LogP contribution in [-0.2, 0) is 13.1 Å². The maximum Gasteiger partial charge on any atom is 0.308 e. The number of fused-ring (bicyclic) bond motifs is 1. The van der Waals surface area contributed by atoms with Gasteiger partial charge in [-0.15, -0.1) is 0 Å². The zero-order valence-electron chi connectivity index (χ0n) is 15.3. The van der Waals surface area contributed by atoms with Gasteiger partial charge in [0.1, 0.15) is 18.1 Å². The van der Waals surface area contributed by atoms with Gasteiger partial charge in [0, 0.05) is 18.4 Å². The standard InChI is InChI=1S/C20H19N3O4S/c1-13-18(28-20(25)23(13)12-15-4-2-3-7-21-15)19(24)22-11-14-5-6-16-17(10-14)27-9-8-26-16/h2-7,10H,8-9,11-12H2,1H3,(H,22,24). The van der Waals surface area contributed by atoms with Crippen LogP contribution in [0.5, 0.6) is 11.5 Å². The quantitative estimate of drug-likeness (QED) is 0.715. The third-order valence-electron chi connectivity index (χ3n) is 4.46. The Balaban J connectivity index is 1.46. The summed E-state index contributed by atoms with van der Waals surface area (Å²) in [6.07, 6.45) is 1.68. The normalized spacial score (nSPS) is 12.6. The van der Waals surface area contributed by atoms with E-state index in [2.05, 4.69) is 10.3 Å². The molecule has 0 saturated carbocycles. The Morgan fingerprint density at radius 2 is 2.04 bits per heavy atom. The highest BCUT2D eigenvalue weighted by Gasteiger charge is 2.18. The van der Waals surface area contributed by atoms with Crippen molar-refractivity contribution in [3.8, 4) is 11.5 Å². The molecule has 0 atom stereocenters.